The summed E-state index contributed by atoms with van der Waals surface area (Å²) < 4.78 is 14.5. The van der Waals surface area contributed by atoms with Crippen LogP contribution in [0.4, 0.5) is 15.8 Å². The summed E-state index contributed by atoms with van der Waals surface area (Å²) in [6.07, 6.45) is 5.28. The van der Waals surface area contributed by atoms with Crippen LogP contribution >= 0.6 is 0 Å². The highest BCUT2D eigenvalue weighted by Gasteiger charge is 2.19. The van der Waals surface area contributed by atoms with Crippen LogP contribution in [0.3, 0.4) is 0 Å². The Bertz CT molecular complexity index is 1100. The molecule has 1 aromatic heterocycles. The molecule has 0 saturated heterocycles. The van der Waals surface area contributed by atoms with Gasteiger partial charge in [0, 0.05) is 47.9 Å². The predicted molar refractivity (Wildman–Crippen MR) is 130 cm³/mol. The van der Waals surface area contributed by atoms with E-state index in [1.807, 2.05) is 51.1 Å². The molecule has 0 spiro atoms. The van der Waals surface area contributed by atoms with E-state index < -0.39 is 0 Å². The van der Waals surface area contributed by atoms with Gasteiger partial charge in [0.05, 0.1) is 11.2 Å². The van der Waals surface area contributed by atoms with Crippen LogP contribution < -0.4 is 16.0 Å². The van der Waals surface area contributed by atoms with E-state index in [4.69, 9.17) is 0 Å². The van der Waals surface area contributed by atoms with Gasteiger partial charge in [0.25, 0.3) is 0 Å². The lowest BCUT2D eigenvalue weighted by atomic mass is 10.1. The van der Waals surface area contributed by atoms with Gasteiger partial charge in [-0.05, 0) is 49.4 Å². The number of aryl methyl sites for hydroxylation is 1. The van der Waals surface area contributed by atoms with Gasteiger partial charge in [-0.2, -0.15) is 0 Å². The van der Waals surface area contributed by atoms with Gasteiger partial charge in [0.2, 0.25) is 12.3 Å². The lowest BCUT2D eigenvalue weighted by Gasteiger charge is -2.14. The SMILES string of the molecule is Cc1cnc2cc(F)c(CNC(=O)CC(C)C)cc2c1Nc1ccccc1.O=CNC1CC1. The van der Waals surface area contributed by atoms with Gasteiger partial charge in [-0.3, -0.25) is 14.6 Å². The second-order valence-corrected chi connectivity index (χ2v) is 8.70. The molecule has 0 atom stereocenters. The summed E-state index contributed by atoms with van der Waals surface area (Å²) in [5, 5.41) is 9.67. The highest BCUT2D eigenvalue weighted by molar-refractivity contribution is 5.95. The Morgan fingerprint density at radius 1 is 1.21 bits per heavy atom. The third kappa shape index (κ3) is 7.27. The minimum atomic E-state index is -0.366. The molecular formula is C26H31FN4O2. The fraction of sp³-hybridized carbons (Fsp3) is 0.346. The molecule has 0 bridgehead atoms. The molecule has 2 amide bonds. The number of anilines is 2. The van der Waals surface area contributed by atoms with Crippen LogP contribution in [0.1, 0.15) is 44.2 Å². The van der Waals surface area contributed by atoms with E-state index in [9.17, 15) is 14.0 Å². The fourth-order valence-corrected chi connectivity index (χ4v) is 3.31. The number of nitrogens with zero attached hydrogens (tertiary/aromatic N) is 1. The van der Waals surface area contributed by atoms with Gasteiger partial charge >= 0.3 is 0 Å². The lowest BCUT2D eigenvalue weighted by Crippen LogP contribution is -2.24. The first-order valence-corrected chi connectivity index (χ1v) is 11.2. The van der Waals surface area contributed by atoms with Crippen LogP contribution in [-0.4, -0.2) is 23.3 Å². The van der Waals surface area contributed by atoms with E-state index in [-0.39, 0.29) is 24.2 Å². The minimum absolute atomic E-state index is 0.0745. The summed E-state index contributed by atoms with van der Waals surface area (Å²) in [4.78, 5) is 25.8. The second-order valence-electron chi connectivity index (χ2n) is 8.70. The van der Waals surface area contributed by atoms with Crippen LogP contribution in [0, 0.1) is 18.7 Å². The Balaban J connectivity index is 0.000000442. The Labute approximate surface area is 194 Å². The van der Waals surface area contributed by atoms with Crippen molar-refractivity contribution in [3.63, 3.8) is 0 Å². The molecule has 0 unspecified atom stereocenters. The molecule has 4 rings (SSSR count). The monoisotopic (exact) mass is 450 g/mol. The Kier molecular flexibility index (Phi) is 8.35. The van der Waals surface area contributed by atoms with Gasteiger partial charge in [-0.1, -0.05) is 32.0 Å². The van der Waals surface area contributed by atoms with Gasteiger partial charge < -0.3 is 16.0 Å². The Morgan fingerprint density at radius 3 is 2.55 bits per heavy atom. The summed E-state index contributed by atoms with van der Waals surface area (Å²) in [5.41, 5.74) is 3.83. The van der Waals surface area contributed by atoms with Crippen LogP contribution in [0.5, 0.6) is 0 Å². The maximum absolute atomic E-state index is 14.5. The number of fused-ring (bicyclic) bond motifs is 1. The number of hydrogen-bond acceptors (Lipinski definition) is 4. The topological polar surface area (TPSA) is 83.1 Å². The third-order valence-corrected chi connectivity index (χ3v) is 5.22. The van der Waals surface area contributed by atoms with E-state index in [1.54, 1.807) is 12.3 Å². The number of amides is 2. The predicted octanol–water partition coefficient (Wildman–Crippen LogP) is 4.98. The number of carbonyl (C=O) groups is 2. The van der Waals surface area contributed by atoms with Crippen molar-refractivity contribution in [2.24, 2.45) is 5.92 Å². The number of halogens is 1. The largest absolute Gasteiger partial charge is 0.356 e. The van der Waals surface area contributed by atoms with E-state index >= 15 is 0 Å². The van der Waals surface area contributed by atoms with Crippen molar-refractivity contribution in [1.29, 1.82) is 0 Å². The zero-order chi connectivity index (χ0) is 23.8. The summed E-state index contributed by atoms with van der Waals surface area (Å²) in [6, 6.07) is 13.5. The summed E-state index contributed by atoms with van der Waals surface area (Å²) in [7, 11) is 0. The molecule has 1 aliphatic rings. The van der Waals surface area contributed by atoms with Gasteiger partial charge in [-0.15, -0.1) is 0 Å². The van der Waals surface area contributed by atoms with E-state index in [1.165, 1.54) is 18.9 Å². The average molecular weight is 451 g/mol. The molecule has 1 aliphatic carbocycles. The summed E-state index contributed by atoms with van der Waals surface area (Å²) in [5.74, 6) is -0.177. The highest BCUT2D eigenvalue weighted by Crippen LogP contribution is 2.30. The number of benzene rings is 2. The molecular weight excluding hydrogens is 419 g/mol. The first-order chi connectivity index (χ1) is 15.9. The number of nitrogens with one attached hydrogen (secondary N) is 3. The average Bonchev–Trinajstić information content (AvgIpc) is 3.60. The first kappa shape index (κ1) is 24.2. The lowest BCUT2D eigenvalue weighted by molar-refractivity contribution is -0.122. The quantitative estimate of drug-likeness (QED) is 0.423. The van der Waals surface area contributed by atoms with Crippen molar-refractivity contribution in [1.82, 2.24) is 15.6 Å². The number of aromatic nitrogens is 1. The number of carbonyl (C=O) groups excluding carboxylic acids is 2. The van der Waals surface area contributed by atoms with Crippen molar-refractivity contribution < 1.29 is 14.0 Å². The third-order valence-electron chi connectivity index (χ3n) is 5.22. The van der Waals surface area contributed by atoms with Gasteiger partial charge in [0.15, 0.2) is 0 Å². The molecule has 2 aromatic carbocycles. The first-order valence-electron chi connectivity index (χ1n) is 11.2. The maximum atomic E-state index is 14.5. The molecule has 0 aliphatic heterocycles. The highest BCUT2D eigenvalue weighted by atomic mass is 19.1. The van der Waals surface area contributed by atoms with Crippen LogP contribution in [0.15, 0.2) is 48.7 Å². The van der Waals surface area contributed by atoms with Crippen LogP contribution in [0.25, 0.3) is 10.9 Å². The molecule has 0 radical (unpaired) electrons. The van der Waals surface area contributed by atoms with Gasteiger partial charge in [0.1, 0.15) is 5.82 Å². The maximum Gasteiger partial charge on any atom is 0.220 e. The summed E-state index contributed by atoms with van der Waals surface area (Å²) >= 11 is 0. The van der Waals surface area contributed by atoms with Crippen molar-refractivity contribution in [2.45, 2.75) is 52.6 Å². The smallest absolute Gasteiger partial charge is 0.220 e. The van der Waals surface area contributed by atoms with Crippen molar-refractivity contribution in [3.05, 3.63) is 65.6 Å². The minimum Gasteiger partial charge on any atom is -0.356 e. The van der Waals surface area contributed by atoms with Gasteiger partial charge in [-0.25, -0.2) is 4.39 Å². The van der Waals surface area contributed by atoms with Crippen LogP contribution in [-0.2, 0) is 16.1 Å². The Morgan fingerprint density at radius 2 is 1.94 bits per heavy atom. The number of rotatable bonds is 8. The number of para-hydroxylation sites is 1. The van der Waals surface area contributed by atoms with E-state index in [0.717, 1.165) is 28.7 Å². The Hall–Kier alpha value is -3.48. The zero-order valence-corrected chi connectivity index (χ0v) is 19.3. The molecule has 1 saturated carbocycles. The summed E-state index contributed by atoms with van der Waals surface area (Å²) in [6.45, 7) is 6.08. The molecule has 174 valence electrons. The van der Waals surface area contributed by atoms with Crippen LogP contribution in [0.2, 0.25) is 0 Å². The molecule has 33 heavy (non-hydrogen) atoms. The van der Waals surface area contributed by atoms with Crippen molar-refractivity contribution >= 4 is 34.6 Å². The second kappa shape index (κ2) is 11.4. The van der Waals surface area contributed by atoms with Crippen molar-refractivity contribution in [2.75, 3.05) is 5.32 Å². The zero-order valence-electron chi connectivity index (χ0n) is 19.3. The van der Waals surface area contributed by atoms with E-state index in [2.05, 4.69) is 20.9 Å². The molecule has 3 aromatic rings. The number of hydrogen-bond donors (Lipinski definition) is 3. The van der Waals surface area contributed by atoms with Crippen molar-refractivity contribution in [3.8, 4) is 0 Å². The fourth-order valence-electron chi connectivity index (χ4n) is 3.31. The molecule has 1 fully saturated rings. The standard InChI is InChI=1S/C22H24FN3O.C4H7NO/c1-14(2)9-21(27)25-13-16-10-18-20(11-19(16)23)24-12-15(3)22(18)26-17-7-5-4-6-8-17;6-3-5-4-1-2-4/h4-8,10-12,14H,9,13H2,1-3H3,(H,24,26)(H,25,27);3-4H,1-2H2,(H,5,6). The van der Waals surface area contributed by atoms with E-state index in [0.29, 0.717) is 23.5 Å². The molecule has 1 heterocycles. The molecule has 6 nitrogen and oxygen atoms in total. The molecule has 3 N–H and O–H groups in total. The molecule has 7 heteroatoms. The normalized spacial score (nSPS) is 12.6. The number of pyridine rings is 1.